The van der Waals surface area contributed by atoms with Crippen LogP contribution >= 0.6 is 0 Å². The molecule has 1 heterocycles. The zero-order valence-corrected chi connectivity index (χ0v) is 12.3. The molecule has 0 aliphatic heterocycles. The highest BCUT2D eigenvalue weighted by molar-refractivity contribution is 5.18. The number of imidazole rings is 1. The minimum absolute atomic E-state index is 0.0321. The first-order valence-electron chi connectivity index (χ1n) is 7.96. The number of rotatable bonds is 3. The molecule has 4 fully saturated rings. The maximum atomic E-state index is 11.5. The second kappa shape index (κ2) is 4.08. The van der Waals surface area contributed by atoms with Gasteiger partial charge in [0, 0.05) is 31.4 Å². The van der Waals surface area contributed by atoms with Gasteiger partial charge in [-0.2, -0.15) is 0 Å². The van der Waals surface area contributed by atoms with Crippen molar-refractivity contribution in [2.45, 2.75) is 44.1 Å². The van der Waals surface area contributed by atoms with Gasteiger partial charge in [0.2, 0.25) is 0 Å². The lowest BCUT2D eigenvalue weighted by Crippen LogP contribution is -2.60. The Hall–Kier alpha value is -0.870. The highest BCUT2D eigenvalue weighted by atomic mass is 16.3. The van der Waals surface area contributed by atoms with Crippen molar-refractivity contribution < 1.29 is 5.11 Å². The molecule has 0 saturated heterocycles. The van der Waals surface area contributed by atoms with Crippen LogP contribution in [0.3, 0.4) is 0 Å². The Morgan fingerprint density at radius 1 is 1.30 bits per heavy atom. The summed E-state index contributed by atoms with van der Waals surface area (Å²) < 4.78 is 1.95. The standard InChI is InChI=1S/C16H25N3O/c1-19-3-2-18-14(19)16(20,10-17)15-7-11-4-12(8-15)6-13(5-11)9-15/h2-3,11-13,20H,4-10,17H2,1H3. The minimum atomic E-state index is -0.957. The Labute approximate surface area is 120 Å². The molecule has 0 amide bonds. The molecule has 1 aromatic rings. The van der Waals surface area contributed by atoms with Gasteiger partial charge in [-0.1, -0.05) is 0 Å². The van der Waals surface area contributed by atoms with Gasteiger partial charge in [-0.25, -0.2) is 4.98 Å². The summed E-state index contributed by atoms with van der Waals surface area (Å²) in [5.74, 6) is 3.18. The first-order valence-corrected chi connectivity index (χ1v) is 7.96. The lowest BCUT2D eigenvalue weighted by Gasteiger charge is -2.61. The van der Waals surface area contributed by atoms with E-state index in [0.717, 1.165) is 42.8 Å². The highest BCUT2D eigenvalue weighted by Gasteiger charge is 2.61. The smallest absolute Gasteiger partial charge is 0.142 e. The molecule has 4 aliphatic rings. The lowest BCUT2D eigenvalue weighted by atomic mass is 9.45. The summed E-state index contributed by atoms with van der Waals surface area (Å²) in [6.07, 6.45) is 11.2. The Morgan fingerprint density at radius 3 is 2.25 bits per heavy atom. The van der Waals surface area contributed by atoms with Crippen LogP contribution in [0.2, 0.25) is 0 Å². The van der Waals surface area contributed by atoms with Crippen LogP contribution in [-0.4, -0.2) is 21.2 Å². The molecule has 4 bridgehead atoms. The third kappa shape index (κ3) is 1.52. The fourth-order valence-electron chi connectivity index (χ4n) is 5.93. The minimum Gasteiger partial charge on any atom is -0.380 e. The van der Waals surface area contributed by atoms with Crippen molar-refractivity contribution in [3.05, 3.63) is 18.2 Å². The van der Waals surface area contributed by atoms with Crippen LogP contribution in [0.25, 0.3) is 0 Å². The van der Waals surface area contributed by atoms with E-state index < -0.39 is 5.60 Å². The normalized spacial score (nSPS) is 41.9. The summed E-state index contributed by atoms with van der Waals surface area (Å²) in [4.78, 5) is 4.45. The Morgan fingerprint density at radius 2 is 1.85 bits per heavy atom. The largest absolute Gasteiger partial charge is 0.380 e. The fourth-order valence-corrected chi connectivity index (χ4v) is 5.93. The molecular formula is C16H25N3O. The Kier molecular flexibility index (Phi) is 2.62. The summed E-state index contributed by atoms with van der Waals surface area (Å²) in [6.45, 7) is 0.282. The van der Waals surface area contributed by atoms with Crippen molar-refractivity contribution in [1.82, 2.24) is 9.55 Å². The number of aryl methyl sites for hydroxylation is 1. The molecule has 0 radical (unpaired) electrons. The predicted octanol–water partition coefficient (Wildman–Crippen LogP) is 1.78. The topological polar surface area (TPSA) is 64.1 Å². The van der Waals surface area contributed by atoms with Crippen LogP contribution < -0.4 is 5.73 Å². The van der Waals surface area contributed by atoms with Crippen LogP contribution in [0.4, 0.5) is 0 Å². The third-order valence-corrected chi connectivity index (χ3v) is 6.40. The predicted molar refractivity (Wildman–Crippen MR) is 76.8 cm³/mol. The number of nitrogens with two attached hydrogens (primary N) is 1. The summed E-state index contributed by atoms with van der Waals surface area (Å²) in [6, 6.07) is 0. The van der Waals surface area contributed by atoms with E-state index in [1.807, 2.05) is 17.8 Å². The van der Waals surface area contributed by atoms with Crippen molar-refractivity contribution in [2.24, 2.45) is 36.0 Å². The van der Waals surface area contributed by atoms with E-state index in [1.54, 1.807) is 6.20 Å². The Bertz CT molecular complexity index is 488. The molecule has 5 rings (SSSR count). The summed E-state index contributed by atoms with van der Waals surface area (Å²) >= 11 is 0. The van der Waals surface area contributed by atoms with Crippen LogP contribution in [0.15, 0.2) is 12.4 Å². The summed E-state index contributed by atoms with van der Waals surface area (Å²) in [5, 5.41) is 11.5. The summed E-state index contributed by atoms with van der Waals surface area (Å²) in [7, 11) is 1.96. The molecule has 0 spiro atoms. The van der Waals surface area contributed by atoms with Gasteiger partial charge < -0.3 is 15.4 Å². The van der Waals surface area contributed by atoms with E-state index in [-0.39, 0.29) is 12.0 Å². The van der Waals surface area contributed by atoms with Crippen LogP contribution in [0, 0.1) is 23.2 Å². The van der Waals surface area contributed by atoms with Crippen LogP contribution in [-0.2, 0) is 12.6 Å². The van der Waals surface area contributed by atoms with E-state index in [1.165, 1.54) is 19.3 Å². The molecular weight excluding hydrogens is 250 g/mol. The van der Waals surface area contributed by atoms with E-state index in [9.17, 15) is 5.11 Å². The molecule has 4 saturated carbocycles. The molecule has 110 valence electrons. The average Bonchev–Trinajstić information content (AvgIpc) is 2.83. The molecule has 4 nitrogen and oxygen atoms in total. The second-order valence-electron chi connectivity index (χ2n) is 7.62. The van der Waals surface area contributed by atoms with E-state index in [4.69, 9.17) is 5.73 Å². The molecule has 0 aromatic carbocycles. The quantitative estimate of drug-likeness (QED) is 0.884. The van der Waals surface area contributed by atoms with Gasteiger partial charge in [-0.15, -0.1) is 0 Å². The molecule has 4 heteroatoms. The lowest BCUT2D eigenvalue weighted by molar-refractivity contribution is -0.184. The molecule has 1 atom stereocenters. The zero-order valence-electron chi connectivity index (χ0n) is 12.3. The van der Waals surface area contributed by atoms with Gasteiger partial charge in [0.15, 0.2) is 0 Å². The second-order valence-corrected chi connectivity index (χ2v) is 7.62. The molecule has 3 N–H and O–H groups in total. The van der Waals surface area contributed by atoms with Gasteiger partial charge >= 0.3 is 0 Å². The molecule has 4 aliphatic carbocycles. The van der Waals surface area contributed by atoms with Gasteiger partial charge in [-0.3, -0.25) is 0 Å². The summed E-state index contributed by atoms with van der Waals surface area (Å²) in [5.41, 5.74) is 5.10. The van der Waals surface area contributed by atoms with Gasteiger partial charge in [0.05, 0.1) is 0 Å². The van der Waals surface area contributed by atoms with Crippen molar-refractivity contribution in [3.63, 3.8) is 0 Å². The monoisotopic (exact) mass is 275 g/mol. The fraction of sp³-hybridized carbons (Fsp3) is 0.812. The molecule has 1 aromatic heterocycles. The molecule has 1 unspecified atom stereocenters. The van der Waals surface area contributed by atoms with E-state index in [0.29, 0.717) is 0 Å². The third-order valence-electron chi connectivity index (χ3n) is 6.40. The van der Waals surface area contributed by atoms with Crippen molar-refractivity contribution in [2.75, 3.05) is 6.54 Å². The van der Waals surface area contributed by atoms with Crippen LogP contribution in [0.1, 0.15) is 44.3 Å². The maximum absolute atomic E-state index is 11.5. The van der Waals surface area contributed by atoms with Gasteiger partial charge in [0.25, 0.3) is 0 Å². The maximum Gasteiger partial charge on any atom is 0.142 e. The zero-order chi connectivity index (χ0) is 14.0. The van der Waals surface area contributed by atoms with Crippen molar-refractivity contribution in [3.8, 4) is 0 Å². The Balaban J connectivity index is 1.79. The number of hydrogen-bond acceptors (Lipinski definition) is 3. The van der Waals surface area contributed by atoms with Crippen molar-refractivity contribution >= 4 is 0 Å². The number of aromatic nitrogens is 2. The SMILES string of the molecule is Cn1ccnc1C(O)(CN)C12CC3CC(CC(C3)C1)C2. The van der Waals surface area contributed by atoms with Crippen molar-refractivity contribution in [1.29, 1.82) is 0 Å². The number of hydrogen-bond donors (Lipinski definition) is 2. The van der Waals surface area contributed by atoms with Crippen LogP contribution in [0.5, 0.6) is 0 Å². The van der Waals surface area contributed by atoms with E-state index in [2.05, 4.69) is 4.98 Å². The van der Waals surface area contributed by atoms with Gasteiger partial charge in [-0.05, 0) is 56.3 Å². The number of aliphatic hydroxyl groups is 1. The van der Waals surface area contributed by atoms with E-state index >= 15 is 0 Å². The first-order chi connectivity index (χ1) is 9.56. The van der Waals surface area contributed by atoms with Gasteiger partial charge in [0.1, 0.15) is 11.4 Å². The molecule has 20 heavy (non-hydrogen) atoms. The average molecular weight is 275 g/mol. The highest BCUT2D eigenvalue weighted by Crippen LogP contribution is 2.65. The number of nitrogens with zero attached hydrogens (tertiary/aromatic N) is 2. The first kappa shape index (κ1) is 12.8.